The van der Waals surface area contributed by atoms with E-state index in [1.54, 1.807) is 18.6 Å². The summed E-state index contributed by atoms with van der Waals surface area (Å²) in [4.78, 5) is 24.3. The Hall–Kier alpha value is -5.52. The Labute approximate surface area is 276 Å². The van der Waals surface area contributed by atoms with Crippen LogP contribution in [0.2, 0.25) is 0 Å². The van der Waals surface area contributed by atoms with E-state index < -0.39 is 0 Å². The number of hydrogen-bond acceptors (Lipinski definition) is 8. The van der Waals surface area contributed by atoms with E-state index in [9.17, 15) is 4.39 Å². The first kappa shape index (κ1) is 29.9. The molecule has 7 aromatic rings. The summed E-state index contributed by atoms with van der Waals surface area (Å²) in [5, 5.41) is 12.0. The standard InChI is InChI=1S/C37H34FN9O/c38-28-13-26(14-29(15-28)48-11-10-47-8-4-5-9-47)31-21-41-22-34-35(31)44-37(43-34)36-30-16-32(42-23-33(30)45-46-36)27-12-25(19-40-20-27)18-39-17-24-6-2-1-3-7-24/h1-3,6-7,12-16,19-23,39H,4-5,8-11,17-18H2,(H,43,44)(H,45,46). The quantitative estimate of drug-likeness (QED) is 0.146. The Morgan fingerprint density at radius 2 is 1.69 bits per heavy atom. The molecule has 1 aliphatic rings. The van der Waals surface area contributed by atoms with Crippen LogP contribution in [0.25, 0.3) is 55.8 Å². The number of aromatic amines is 2. The molecule has 1 saturated heterocycles. The van der Waals surface area contributed by atoms with Crippen molar-refractivity contribution in [1.82, 2.24) is 45.3 Å². The minimum atomic E-state index is -0.375. The molecular formula is C37H34FN9O. The largest absolute Gasteiger partial charge is 0.492 e. The third-order valence-corrected chi connectivity index (χ3v) is 8.71. The molecular weight excluding hydrogens is 605 g/mol. The third kappa shape index (κ3) is 6.38. The van der Waals surface area contributed by atoms with Gasteiger partial charge in [-0.05, 0) is 66.9 Å². The maximum Gasteiger partial charge on any atom is 0.159 e. The van der Waals surface area contributed by atoms with Crippen molar-refractivity contribution in [3.05, 3.63) is 109 Å². The number of halogens is 1. The lowest BCUT2D eigenvalue weighted by Crippen LogP contribution is -2.25. The molecule has 8 rings (SSSR count). The Morgan fingerprint density at radius 1 is 0.833 bits per heavy atom. The van der Waals surface area contributed by atoms with Crippen molar-refractivity contribution in [2.45, 2.75) is 25.9 Å². The summed E-state index contributed by atoms with van der Waals surface area (Å²) in [5.41, 5.74) is 8.13. The number of nitrogens with one attached hydrogen (secondary N) is 3. The zero-order chi connectivity index (χ0) is 32.3. The highest BCUT2D eigenvalue weighted by Crippen LogP contribution is 2.33. The number of benzene rings is 2. The van der Waals surface area contributed by atoms with E-state index in [0.717, 1.165) is 53.9 Å². The van der Waals surface area contributed by atoms with E-state index >= 15 is 0 Å². The van der Waals surface area contributed by atoms with E-state index in [1.165, 1.54) is 30.5 Å². The molecule has 0 spiro atoms. The van der Waals surface area contributed by atoms with E-state index in [0.29, 0.717) is 52.6 Å². The van der Waals surface area contributed by atoms with Crippen LogP contribution in [0.3, 0.4) is 0 Å². The van der Waals surface area contributed by atoms with Gasteiger partial charge in [-0.25, -0.2) is 9.37 Å². The second-order valence-electron chi connectivity index (χ2n) is 12.1. The van der Waals surface area contributed by atoms with Crippen LogP contribution in [0, 0.1) is 5.82 Å². The van der Waals surface area contributed by atoms with E-state index in [4.69, 9.17) is 9.72 Å². The van der Waals surface area contributed by atoms with Gasteiger partial charge in [0.15, 0.2) is 5.82 Å². The summed E-state index contributed by atoms with van der Waals surface area (Å²) in [6, 6.07) is 19.2. The van der Waals surface area contributed by atoms with Gasteiger partial charge in [-0.1, -0.05) is 30.3 Å². The Kier molecular flexibility index (Phi) is 8.27. The SMILES string of the molecule is Fc1cc(OCCN2CCCC2)cc(-c2cncc3[nH]c(-c4n[nH]c5cnc(-c6cncc(CNCc7ccccc7)c6)cc45)nc23)c1. The lowest BCUT2D eigenvalue weighted by Gasteiger charge is -2.15. The second-order valence-corrected chi connectivity index (χ2v) is 12.1. The molecule has 1 fully saturated rings. The van der Waals surface area contributed by atoms with Crippen LogP contribution in [-0.2, 0) is 13.1 Å². The van der Waals surface area contributed by atoms with Crippen LogP contribution in [0.15, 0.2) is 91.6 Å². The fraction of sp³-hybridized carbons (Fsp3) is 0.216. The number of likely N-dealkylation sites (tertiary alicyclic amines) is 1. The van der Waals surface area contributed by atoms with E-state index in [2.05, 4.69) is 58.5 Å². The average Bonchev–Trinajstić information content (AvgIpc) is 3.88. The first-order chi connectivity index (χ1) is 23.7. The summed E-state index contributed by atoms with van der Waals surface area (Å²) in [7, 11) is 0. The summed E-state index contributed by atoms with van der Waals surface area (Å²) < 4.78 is 20.8. The molecule has 48 heavy (non-hydrogen) atoms. The average molecular weight is 640 g/mol. The lowest BCUT2D eigenvalue weighted by atomic mass is 10.1. The molecule has 0 unspecified atom stereocenters. The molecule has 0 bridgehead atoms. The van der Waals surface area contributed by atoms with Crippen LogP contribution >= 0.6 is 0 Å². The predicted octanol–water partition coefficient (Wildman–Crippen LogP) is 6.53. The molecule has 6 heterocycles. The number of pyridine rings is 3. The van der Waals surface area contributed by atoms with Crippen LogP contribution in [0.5, 0.6) is 5.75 Å². The maximum absolute atomic E-state index is 14.8. The highest BCUT2D eigenvalue weighted by atomic mass is 19.1. The number of H-pyrrole nitrogens is 2. The van der Waals surface area contributed by atoms with Crippen LogP contribution in [-0.4, -0.2) is 66.3 Å². The van der Waals surface area contributed by atoms with Gasteiger partial charge in [0.2, 0.25) is 0 Å². The smallest absolute Gasteiger partial charge is 0.159 e. The molecule has 0 saturated carbocycles. The van der Waals surface area contributed by atoms with Crippen molar-refractivity contribution in [2.75, 3.05) is 26.2 Å². The number of hydrogen-bond donors (Lipinski definition) is 3. The molecule has 2 aromatic carbocycles. The van der Waals surface area contributed by atoms with Crippen molar-refractivity contribution >= 4 is 21.9 Å². The fourth-order valence-corrected chi connectivity index (χ4v) is 6.28. The van der Waals surface area contributed by atoms with Crippen LogP contribution in [0.1, 0.15) is 24.0 Å². The molecule has 3 N–H and O–H groups in total. The van der Waals surface area contributed by atoms with Crippen molar-refractivity contribution in [3.8, 4) is 39.7 Å². The fourth-order valence-electron chi connectivity index (χ4n) is 6.28. The lowest BCUT2D eigenvalue weighted by molar-refractivity contribution is 0.237. The normalized spacial score (nSPS) is 13.5. The van der Waals surface area contributed by atoms with Crippen LogP contribution in [0.4, 0.5) is 4.39 Å². The highest BCUT2D eigenvalue weighted by Gasteiger charge is 2.18. The van der Waals surface area contributed by atoms with Gasteiger partial charge in [-0.15, -0.1) is 0 Å². The number of ether oxygens (including phenoxy) is 1. The topological polar surface area (TPSA) is 121 Å². The summed E-state index contributed by atoms with van der Waals surface area (Å²) in [6.07, 6.45) is 11.3. The second kappa shape index (κ2) is 13.3. The van der Waals surface area contributed by atoms with Gasteiger partial charge >= 0.3 is 0 Å². The van der Waals surface area contributed by atoms with Gasteiger partial charge in [-0.3, -0.25) is 25.0 Å². The predicted molar refractivity (Wildman–Crippen MR) is 184 cm³/mol. The number of fused-ring (bicyclic) bond motifs is 2. The summed E-state index contributed by atoms with van der Waals surface area (Å²) in [5.74, 6) is 0.680. The van der Waals surface area contributed by atoms with Crippen molar-refractivity contribution in [3.63, 3.8) is 0 Å². The van der Waals surface area contributed by atoms with Crippen molar-refractivity contribution in [1.29, 1.82) is 0 Å². The van der Waals surface area contributed by atoms with Crippen LogP contribution < -0.4 is 10.1 Å². The minimum Gasteiger partial charge on any atom is -0.492 e. The Bertz CT molecular complexity index is 2190. The minimum absolute atomic E-state index is 0.375. The molecule has 5 aromatic heterocycles. The molecule has 0 aliphatic carbocycles. The molecule has 10 nitrogen and oxygen atoms in total. The third-order valence-electron chi connectivity index (χ3n) is 8.71. The molecule has 0 amide bonds. The number of nitrogens with zero attached hydrogens (tertiary/aromatic N) is 6. The van der Waals surface area contributed by atoms with Gasteiger partial charge in [-0.2, -0.15) is 5.10 Å². The van der Waals surface area contributed by atoms with Gasteiger partial charge in [0, 0.05) is 60.8 Å². The monoisotopic (exact) mass is 639 g/mol. The maximum atomic E-state index is 14.8. The Balaban J connectivity index is 1.05. The van der Waals surface area contributed by atoms with Gasteiger partial charge in [0.1, 0.15) is 23.9 Å². The Morgan fingerprint density at radius 3 is 2.58 bits per heavy atom. The number of imidazole rings is 1. The zero-order valence-electron chi connectivity index (χ0n) is 26.3. The molecule has 0 atom stereocenters. The summed E-state index contributed by atoms with van der Waals surface area (Å²) >= 11 is 0. The molecule has 1 aliphatic heterocycles. The van der Waals surface area contributed by atoms with E-state index in [1.807, 2.05) is 42.7 Å². The summed E-state index contributed by atoms with van der Waals surface area (Å²) in [6.45, 7) is 4.97. The zero-order valence-corrected chi connectivity index (χ0v) is 26.3. The van der Waals surface area contributed by atoms with Crippen molar-refractivity contribution < 1.29 is 9.13 Å². The number of aromatic nitrogens is 7. The first-order valence-electron chi connectivity index (χ1n) is 16.2. The van der Waals surface area contributed by atoms with Gasteiger partial charge < -0.3 is 15.0 Å². The molecule has 11 heteroatoms. The molecule has 240 valence electrons. The molecule has 0 radical (unpaired) electrons. The van der Waals surface area contributed by atoms with Gasteiger partial charge in [0.05, 0.1) is 34.6 Å². The first-order valence-corrected chi connectivity index (χ1v) is 16.2. The van der Waals surface area contributed by atoms with E-state index in [-0.39, 0.29) is 5.82 Å². The number of rotatable bonds is 11. The van der Waals surface area contributed by atoms with Crippen molar-refractivity contribution in [2.24, 2.45) is 0 Å². The van der Waals surface area contributed by atoms with Gasteiger partial charge in [0.25, 0.3) is 0 Å². The highest BCUT2D eigenvalue weighted by molar-refractivity contribution is 5.97.